The molecule has 0 saturated carbocycles. The Labute approximate surface area is 210 Å². The Morgan fingerprint density at radius 3 is 2.38 bits per heavy atom. The van der Waals surface area contributed by atoms with E-state index in [4.69, 9.17) is 34.8 Å². The normalized spacial score (nSPS) is 11.8. The number of benzene rings is 2. The van der Waals surface area contributed by atoms with Crippen LogP contribution in [0.4, 0.5) is 0 Å². The maximum absolute atomic E-state index is 13.2. The number of nitrogens with one attached hydrogen (secondary N) is 1. The third-order valence-corrected chi connectivity index (χ3v) is 6.98. The van der Waals surface area contributed by atoms with Crippen molar-refractivity contribution in [2.24, 2.45) is 0 Å². The van der Waals surface area contributed by atoms with Gasteiger partial charge in [0.2, 0.25) is 11.8 Å². The molecule has 0 aliphatic rings. The minimum Gasteiger partial charge on any atom is -0.354 e. The molecule has 1 atom stereocenters. The number of halogens is 3. The number of nitrogens with zero attached hydrogens (tertiary/aromatic N) is 1. The summed E-state index contributed by atoms with van der Waals surface area (Å²) in [5.74, 6) is 0.622. The molecule has 1 unspecified atom stereocenters. The van der Waals surface area contributed by atoms with Crippen LogP contribution in [0.15, 0.2) is 47.4 Å². The lowest BCUT2D eigenvalue weighted by Gasteiger charge is -2.31. The van der Waals surface area contributed by atoms with Crippen molar-refractivity contribution in [3.05, 3.63) is 63.1 Å². The molecule has 0 fully saturated rings. The van der Waals surface area contributed by atoms with Crippen molar-refractivity contribution in [1.29, 1.82) is 0 Å². The second-order valence-electron chi connectivity index (χ2n) is 7.39. The van der Waals surface area contributed by atoms with Gasteiger partial charge in [-0.2, -0.15) is 0 Å². The maximum atomic E-state index is 13.2. The molecule has 2 amide bonds. The van der Waals surface area contributed by atoms with Gasteiger partial charge in [0.25, 0.3) is 0 Å². The van der Waals surface area contributed by atoms with Crippen molar-refractivity contribution >= 4 is 58.4 Å². The van der Waals surface area contributed by atoms with E-state index in [1.165, 1.54) is 0 Å². The molecule has 2 aromatic carbocycles. The van der Waals surface area contributed by atoms with Crippen LogP contribution in [0, 0.1) is 0 Å². The van der Waals surface area contributed by atoms with Crippen molar-refractivity contribution in [3.8, 4) is 0 Å². The molecule has 0 radical (unpaired) electrons. The topological polar surface area (TPSA) is 49.4 Å². The van der Waals surface area contributed by atoms with Crippen molar-refractivity contribution in [2.45, 2.75) is 57.0 Å². The number of hydrogen-bond donors (Lipinski definition) is 1. The van der Waals surface area contributed by atoms with Crippen molar-refractivity contribution in [2.75, 3.05) is 12.3 Å². The SMILES string of the molecule is CCCNC(=O)C(CC)N(Cc1ccc(Cl)c(Cl)c1)C(=O)CCCSc1ccc(Cl)cc1. The first-order valence-electron chi connectivity index (χ1n) is 10.7. The van der Waals surface area contributed by atoms with Gasteiger partial charge in [0.05, 0.1) is 10.0 Å². The lowest BCUT2D eigenvalue weighted by Crippen LogP contribution is -2.49. The second-order valence-corrected chi connectivity index (χ2v) is 9.81. The molecule has 0 saturated heterocycles. The summed E-state index contributed by atoms with van der Waals surface area (Å²) in [6.45, 7) is 4.81. The zero-order valence-electron chi connectivity index (χ0n) is 18.4. The number of hydrogen-bond acceptors (Lipinski definition) is 3. The first kappa shape index (κ1) is 26.8. The van der Waals surface area contributed by atoms with Crippen LogP contribution in [0.2, 0.25) is 15.1 Å². The van der Waals surface area contributed by atoms with Gasteiger partial charge in [-0.05, 0) is 67.0 Å². The average Bonchev–Trinajstić information content (AvgIpc) is 2.78. The summed E-state index contributed by atoms with van der Waals surface area (Å²) in [5.41, 5.74) is 0.838. The third kappa shape index (κ3) is 8.51. The molecule has 0 heterocycles. The van der Waals surface area contributed by atoms with Gasteiger partial charge >= 0.3 is 0 Å². The van der Waals surface area contributed by atoms with Crippen molar-refractivity contribution in [1.82, 2.24) is 10.2 Å². The van der Waals surface area contributed by atoms with E-state index in [9.17, 15) is 9.59 Å². The Bertz CT molecular complexity index is 893. The fraction of sp³-hybridized carbons (Fsp3) is 0.417. The third-order valence-electron chi connectivity index (χ3n) is 4.89. The van der Waals surface area contributed by atoms with Gasteiger partial charge in [0, 0.05) is 29.4 Å². The first-order valence-corrected chi connectivity index (χ1v) is 12.9. The van der Waals surface area contributed by atoms with Crippen LogP contribution in [0.3, 0.4) is 0 Å². The zero-order chi connectivity index (χ0) is 23.5. The van der Waals surface area contributed by atoms with Gasteiger partial charge in [-0.1, -0.05) is 54.7 Å². The maximum Gasteiger partial charge on any atom is 0.242 e. The minimum absolute atomic E-state index is 0.0497. The summed E-state index contributed by atoms with van der Waals surface area (Å²) in [6.07, 6.45) is 2.43. The second kappa shape index (κ2) is 14.0. The molecule has 0 aliphatic carbocycles. The Hall–Kier alpha value is -1.40. The van der Waals surface area contributed by atoms with Gasteiger partial charge in [0.1, 0.15) is 6.04 Å². The summed E-state index contributed by atoms with van der Waals surface area (Å²) in [7, 11) is 0. The Kier molecular flexibility index (Phi) is 11.7. The highest BCUT2D eigenvalue weighted by Gasteiger charge is 2.28. The largest absolute Gasteiger partial charge is 0.354 e. The molecule has 8 heteroatoms. The first-order chi connectivity index (χ1) is 15.3. The standard InChI is InChI=1S/C24H29Cl3N2O2S/c1-3-13-28-24(31)22(4-2)29(16-17-7-12-20(26)21(27)15-17)23(30)6-5-14-32-19-10-8-18(25)9-11-19/h7-12,15,22H,3-6,13-14,16H2,1-2H3,(H,28,31). The van der Waals surface area contributed by atoms with Crippen LogP contribution < -0.4 is 5.32 Å². The number of amides is 2. The van der Waals surface area contributed by atoms with Crippen LogP contribution >= 0.6 is 46.6 Å². The molecular formula is C24H29Cl3N2O2S. The quantitative estimate of drug-likeness (QED) is 0.248. The van der Waals surface area contributed by atoms with Crippen LogP contribution in [-0.4, -0.2) is 35.1 Å². The minimum atomic E-state index is -0.535. The van der Waals surface area contributed by atoms with E-state index in [0.717, 1.165) is 22.6 Å². The Morgan fingerprint density at radius 2 is 1.75 bits per heavy atom. The number of thioether (sulfide) groups is 1. The lowest BCUT2D eigenvalue weighted by molar-refractivity contribution is -0.141. The van der Waals surface area contributed by atoms with E-state index in [1.807, 2.05) is 44.2 Å². The number of rotatable bonds is 12. The van der Waals surface area contributed by atoms with E-state index in [1.54, 1.807) is 28.8 Å². The fourth-order valence-corrected chi connectivity index (χ4v) is 4.51. The smallest absolute Gasteiger partial charge is 0.242 e. The molecule has 2 rings (SSSR count). The van der Waals surface area contributed by atoms with Gasteiger partial charge < -0.3 is 10.2 Å². The lowest BCUT2D eigenvalue weighted by atomic mass is 10.1. The molecule has 0 aliphatic heterocycles. The predicted molar refractivity (Wildman–Crippen MR) is 136 cm³/mol. The van der Waals surface area contributed by atoms with Gasteiger partial charge in [-0.15, -0.1) is 11.8 Å². The molecule has 1 N–H and O–H groups in total. The molecule has 32 heavy (non-hydrogen) atoms. The predicted octanol–water partition coefficient (Wildman–Crippen LogP) is 6.85. The van der Waals surface area contributed by atoms with Crippen molar-refractivity contribution < 1.29 is 9.59 Å². The molecule has 0 bridgehead atoms. The number of carbonyl (C=O) groups excluding carboxylic acids is 2. The van der Waals surface area contributed by atoms with Gasteiger partial charge in [-0.3, -0.25) is 9.59 Å². The monoisotopic (exact) mass is 514 g/mol. The average molecular weight is 516 g/mol. The number of carbonyl (C=O) groups is 2. The highest BCUT2D eigenvalue weighted by Crippen LogP contribution is 2.25. The van der Waals surface area contributed by atoms with Crippen LogP contribution in [0.25, 0.3) is 0 Å². The Balaban J connectivity index is 2.06. The highest BCUT2D eigenvalue weighted by atomic mass is 35.5. The van der Waals surface area contributed by atoms with Gasteiger partial charge in [0.15, 0.2) is 0 Å². The summed E-state index contributed by atoms with van der Waals surface area (Å²) < 4.78 is 0. The molecule has 174 valence electrons. The summed E-state index contributed by atoms with van der Waals surface area (Å²) in [4.78, 5) is 28.7. The molecule has 0 aromatic heterocycles. The van der Waals surface area contributed by atoms with Crippen LogP contribution in [-0.2, 0) is 16.1 Å². The van der Waals surface area contributed by atoms with E-state index < -0.39 is 6.04 Å². The van der Waals surface area contributed by atoms with E-state index in [0.29, 0.717) is 47.4 Å². The van der Waals surface area contributed by atoms with Gasteiger partial charge in [-0.25, -0.2) is 0 Å². The van der Waals surface area contributed by atoms with Crippen LogP contribution in [0.1, 0.15) is 45.1 Å². The zero-order valence-corrected chi connectivity index (χ0v) is 21.5. The molecule has 4 nitrogen and oxygen atoms in total. The molecule has 2 aromatic rings. The summed E-state index contributed by atoms with van der Waals surface area (Å²) >= 11 is 19.8. The van der Waals surface area contributed by atoms with E-state index >= 15 is 0 Å². The van der Waals surface area contributed by atoms with E-state index in [2.05, 4.69) is 5.32 Å². The molecular weight excluding hydrogens is 487 g/mol. The molecule has 0 spiro atoms. The summed E-state index contributed by atoms with van der Waals surface area (Å²) in [5, 5.41) is 4.52. The fourth-order valence-electron chi connectivity index (χ4n) is 3.21. The summed E-state index contributed by atoms with van der Waals surface area (Å²) in [6, 6.07) is 12.4. The van der Waals surface area contributed by atoms with Crippen LogP contribution in [0.5, 0.6) is 0 Å². The Morgan fingerprint density at radius 1 is 1.03 bits per heavy atom. The van der Waals surface area contributed by atoms with Crippen molar-refractivity contribution in [3.63, 3.8) is 0 Å². The van der Waals surface area contributed by atoms with E-state index in [-0.39, 0.29) is 11.8 Å². The highest BCUT2D eigenvalue weighted by molar-refractivity contribution is 7.99.